The molecule has 28 heavy (non-hydrogen) atoms. The molecule has 2 atom stereocenters. The Bertz CT molecular complexity index is 647. The smallest absolute Gasteiger partial charge is 0.224 e. The van der Waals surface area contributed by atoms with Crippen LogP contribution in [0.3, 0.4) is 0 Å². The van der Waals surface area contributed by atoms with Gasteiger partial charge in [-0.3, -0.25) is 4.79 Å². The van der Waals surface area contributed by atoms with Gasteiger partial charge >= 0.3 is 0 Å². The summed E-state index contributed by atoms with van der Waals surface area (Å²) in [5.41, 5.74) is 1.32. The molecule has 1 aliphatic heterocycles. The first-order chi connectivity index (χ1) is 13.1. The number of carbonyl (C=O) groups excluding carboxylic acids is 1. The van der Waals surface area contributed by atoms with Crippen molar-refractivity contribution in [3.05, 3.63) is 23.8 Å². The van der Waals surface area contributed by atoms with Crippen molar-refractivity contribution in [2.24, 2.45) is 11.3 Å². The highest BCUT2D eigenvalue weighted by Gasteiger charge is 2.57. The van der Waals surface area contributed by atoms with Gasteiger partial charge in [0.05, 0.1) is 19.3 Å². The van der Waals surface area contributed by atoms with Crippen molar-refractivity contribution in [2.45, 2.75) is 58.9 Å². The standard InChI is InChI=1S/C22H34N2O3.ClH/c1-4-12-26-19-7-6-17(14-20(19)27-13-5-2)16(3)24-21(25)18-15-22(18)8-10-23-11-9-22;/h6-7,14,16,18,23H,4-5,8-13,15H2,1-3H3,(H,24,25);1H. The molecule has 1 aliphatic carbocycles. The van der Waals surface area contributed by atoms with Crippen LogP contribution in [0.5, 0.6) is 11.5 Å². The fourth-order valence-electron chi connectivity index (χ4n) is 4.04. The van der Waals surface area contributed by atoms with E-state index in [4.69, 9.17) is 9.47 Å². The summed E-state index contributed by atoms with van der Waals surface area (Å²) < 4.78 is 11.7. The average molecular weight is 411 g/mol. The van der Waals surface area contributed by atoms with E-state index in [1.165, 1.54) is 0 Å². The number of nitrogens with one attached hydrogen (secondary N) is 2. The Morgan fingerprint density at radius 2 is 1.82 bits per heavy atom. The maximum atomic E-state index is 12.7. The molecule has 0 bridgehead atoms. The van der Waals surface area contributed by atoms with Crippen molar-refractivity contribution < 1.29 is 14.3 Å². The van der Waals surface area contributed by atoms with Gasteiger partial charge in [0, 0.05) is 5.92 Å². The SMILES string of the molecule is CCCOc1ccc(C(C)NC(=O)C2CC23CCNCC3)cc1OCCC.Cl. The van der Waals surface area contributed by atoms with E-state index < -0.39 is 0 Å². The van der Waals surface area contributed by atoms with Crippen LogP contribution in [0.25, 0.3) is 0 Å². The van der Waals surface area contributed by atoms with Crippen molar-refractivity contribution in [1.82, 2.24) is 10.6 Å². The fraction of sp³-hybridized carbons (Fsp3) is 0.682. The topological polar surface area (TPSA) is 59.6 Å². The maximum absolute atomic E-state index is 12.7. The summed E-state index contributed by atoms with van der Waals surface area (Å²) in [6.45, 7) is 9.63. The molecule has 1 aromatic rings. The molecular weight excluding hydrogens is 376 g/mol. The van der Waals surface area contributed by atoms with Crippen LogP contribution in [0.15, 0.2) is 18.2 Å². The normalized spacial score (nSPS) is 20.8. The van der Waals surface area contributed by atoms with Gasteiger partial charge in [0.15, 0.2) is 11.5 Å². The fourth-order valence-corrected chi connectivity index (χ4v) is 4.04. The van der Waals surface area contributed by atoms with E-state index in [0.717, 1.165) is 62.3 Å². The molecule has 1 saturated carbocycles. The monoisotopic (exact) mass is 410 g/mol. The maximum Gasteiger partial charge on any atom is 0.224 e. The number of rotatable bonds is 9. The number of carbonyl (C=O) groups is 1. The molecule has 1 amide bonds. The van der Waals surface area contributed by atoms with Crippen LogP contribution in [-0.4, -0.2) is 32.2 Å². The number of ether oxygens (including phenoxy) is 2. The number of halogens is 1. The van der Waals surface area contributed by atoms with E-state index in [2.05, 4.69) is 24.5 Å². The molecule has 158 valence electrons. The van der Waals surface area contributed by atoms with Crippen LogP contribution in [0, 0.1) is 11.3 Å². The quantitative estimate of drug-likeness (QED) is 0.638. The zero-order chi connectivity index (χ0) is 19.3. The first kappa shape index (κ1) is 22.8. The van der Waals surface area contributed by atoms with Gasteiger partial charge in [-0.2, -0.15) is 0 Å². The summed E-state index contributed by atoms with van der Waals surface area (Å²) in [5, 5.41) is 6.61. The van der Waals surface area contributed by atoms with Gasteiger partial charge in [-0.15, -0.1) is 12.4 Å². The predicted molar refractivity (Wildman–Crippen MR) is 114 cm³/mol. The summed E-state index contributed by atoms with van der Waals surface area (Å²) in [5.74, 6) is 1.94. The molecule has 6 heteroatoms. The third kappa shape index (κ3) is 5.32. The van der Waals surface area contributed by atoms with Gasteiger partial charge in [-0.1, -0.05) is 19.9 Å². The molecule has 0 radical (unpaired) electrons. The second kappa shape index (κ2) is 10.4. The molecule has 5 nitrogen and oxygen atoms in total. The van der Waals surface area contributed by atoms with Crippen molar-refractivity contribution in [3.63, 3.8) is 0 Å². The molecule has 1 heterocycles. The Morgan fingerprint density at radius 1 is 1.18 bits per heavy atom. The Morgan fingerprint density at radius 3 is 2.46 bits per heavy atom. The first-order valence-electron chi connectivity index (χ1n) is 10.5. The van der Waals surface area contributed by atoms with Crippen LogP contribution in [0.2, 0.25) is 0 Å². The highest BCUT2D eigenvalue weighted by atomic mass is 35.5. The van der Waals surface area contributed by atoms with E-state index in [1.807, 2.05) is 25.1 Å². The van der Waals surface area contributed by atoms with Crippen LogP contribution in [-0.2, 0) is 4.79 Å². The zero-order valence-corrected chi connectivity index (χ0v) is 18.2. The molecule has 1 aromatic carbocycles. The molecule has 2 N–H and O–H groups in total. The Labute approximate surface area is 175 Å². The molecule has 2 unspecified atom stereocenters. The second-order valence-electron chi connectivity index (χ2n) is 8.00. The van der Waals surface area contributed by atoms with Gasteiger partial charge in [-0.05, 0) is 75.2 Å². The number of hydrogen-bond donors (Lipinski definition) is 2. The lowest BCUT2D eigenvalue weighted by molar-refractivity contribution is -0.123. The van der Waals surface area contributed by atoms with E-state index in [9.17, 15) is 4.79 Å². The number of piperidine rings is 1. The molecule has 3 rings (SSSR count). The zero-order valence-electron chi connectivity index (χ0n) is 17.4. The minimum absolute atomic E-state index is 0. The average Bonchev–Trinajstić information content (AvgIpc) is 3.38. The highest BCUT2D eigenvalue weighted by molar-refractivity contribution is 5.85. The van der Waals surface area contributed by atoms with Crippen LogP contribution in [0.4, 0.5) is 0 Å². The van der Waals surface area contributed by atoms with Crippen molar-refractivity contribution >= 4 is 18.3 Å². The van der Waals surface area contributed by atoms with E-state index in [0.29, 0.717) is 13.2 Å². The lowest BCUT2D eigenvalue weighted by Gasteiger charge is -2.24. The predicted octanol–water partition coefficient (Wildman–Crippen LogP) is 4.25. The van der Waals surface area contributed by atoms with Gasteiger partial charge < -0.3 is 20.1 Å². The van der Waals surface area contributed by atoms with Gasteiger partial charge in [0.1, 0.15) is 0 Å². The Balaban J connectivity index is 0.00000280. The molecule has 2 aliphatic rings. The third-order valence-electron chi connectivity index (χ3n) is 5.86. The summed E-state index contributed by atoms with van der Waals surface area (Å²) in [4.78, 5) is 12.7. The van der Waals surface area contributed by atoms with E-state index in [-0.39, 0.29) is 35.7 Å². The summed E-state index contributed by atoms with van der Waals surface area (Å²) in [6, 6.07) is 5.96. The van der Waals surface area contributed by atoms with E-state index in [1.54, 1.807) is 0 Å². The second-order valence-corrected chi connectivity index (χ2v) is 8.00. The van der Waals surface area contributed by atoms with Crippen molar-refractivity contribution in [2.75, 3.05) is 26.3 Å². The first-order valence-corrected chi connectivity index (χ1v) is 10.5. The van der Waals surface area contributed by atoms with Crippen molar-refractivity contribution in [3.8, 4) is 11.5 Å². The number of amides is 1. The van der Waals surface area contributed by atoms with Gasteiger partial charge in [0.25, 0.3) is 0 Å². The molecular formula is C22H35ClN2O3. The molecule has 0 aromatic heterocycles. The van der Waals surface area contributed by atoms with Gasteiger partial charge in [0.2, 0.25) is 5.91 Å². The summed E-state index contributed by atoms with van der Waals surface area (Å²) >= 11 is 0. The van der Waals surface area contributed by atoms with Gasteiger partial charge in [-0.25, -0.2) is 0 Å². The molecule has 2 fully saturated rings. The Hall–Kier alpha value is -1.46. The van der Waals surface area contributed by atoms with Crippen LogP contribution >= 0.6 is 12.4 Å². The molecule has 1 saturated heterocycles. The van der Waals surface area contributed by atoms with E-state index >= 15 is 0 Å². The Kier molecular flexibility index (Phi) is 8.44. The summed E-state index contributed by atoms with van der Waals surface area (Å²) in [6.07, 6.45) is 5.19. The largest absolute Gasteiger partial charge is 0.490 e. The lowest BCUT2D eigenvalue weighted by Crippen LogP contribution is -2.34. The highest BCUT2D eigenvalue weighted by Crippen LogP contribution is 2.58. The lowest BCUT2D eigenvalue weighted by atomic mass is 9.91. The van der Waals surface area contributed by atoms with Crippen LogP contribution in [0.1, 0.15) is 64.5 Å². The molecule has 1 spiro atoms. The third-order valence-corrected chi connectivity index (χ3v) is 5.86. The van der Waals surface area contributed by atoms with Crippen molar-refractivity contribution in [1.29, 1.82) is 0 Å². The minimum atomic E-state index is -0.0407. The number of hydrogen-bond acceptors (Lipinski definition) is 4. The minimum Gasteiger partial charge on any atom is -0.490 e. The summed E-state index contributed by atoms with van der Waals surface area (Å²) in [7, 11) is 0. The van der Waals surface area contributed by atoms with Crippen LogP contribution < -0.4 is 20.1 Å². The number of benzene rings is 1.